The second-order valence-electron chi connectivity index (χ2n) is 4.92. The van der Waals surface area contributed by atoms with Crippen molar-refractivity contribution in [2.24, 2.45) is 0 Å². The highest BCUT2D eigenvalue weighted by Crippen LogP contribution is 2.20. The number of aliphatic hydroxyl groups is 1. The van der Waals surface area contributed by atoms with Crippen LogP contribution in [0.2, 0.25) is 0 Å². The summed E-state index contributed by atoms with van der Waals surface area (Å²) < 4.78 is 30.6. The SMILES string of the molecule is COC(=O)[C@H]1C[C@H](O)CN1CCc1ccc(F)c(F)c1. The van der Waals surface area contributed by atoms with E-state index in [4.69, 9.17) is 4.74 Å². The number of rotatable bonds is 4. The first-order valence-corrected chi connectivity index (χ1v) is 6.45. The molecular weight excluding hydrogens is 268 g/mol. The minimum atomic E-state index is -0.881. The summed E-state index contributed by atoms with van der Waals surface area (Å²) in [5.41, 5.74) is 0.647. The summed E-state index contributed by atoms with van der Waals surface area (Å²) in [4.78, 5) is 13.4. The highest BCUT2D eigenvalue weighted by molar-refractivity contribution is 5.76. The lowest BCUT2D eigenvalue weighted by molar-refractivity contribution is -0.145. The number of methoxy groups -OCH3 is 1. The number of carbonyl (C=O) groups is 1. The monoisotopic (exact) mass is 285 g/mol. The molecule has 0 aliphatic carbocycles. The third-order valence-corrected chi connectivity index (χ3v) is 3.53. The summed E-state index contributed by atoms with van der Waals surface area (Å²) in [7, 11) is 1.31. The number of hydrogen-bond donors (Lipinski definition) is 1. The molecule has 4 nitrogen and oxygen atoms in total. The molecule has 0 aromatic heterocycles. The van der Waals surface area contributed by atoms with Gasteiger partial charge >= 0.3 is 5.97 Å². The van der Waals surface area contributed by atoms with Gasteiger partial charge in [-0.2, -0.15) is 0 Å². The van der Waals surface area contributed by atoms with E-state index < -0.39 is 23.8 Å². The number of ether oxygens (including phenoxy) is 1. The van der Waals surface area contributed by atoms with E-state index >= 15 is 0 Å². The van der Waals surface area contributed by atoms with Crippen LogP contribution < -0.4 is 0 Å². The van der Waals surface area contributed by atoms with Gasteiger partial charge < -0.3 is 9.84 Å². The number of halogens is 2. The van der Waals surface area contributed by atoms with Gasteiger partial charge in [-0.25, -0.2) is 8.78 Å². The van der Waals surface area contributed by atoms with E-state index in [-0.39, 0.29) is 5.97 Å². The molecule has 1 fully saturated rings. The minimum absolute atomic E-state index is 0.338. The predicted octanol–water partition coefficient (Wildman–Crippen LogP) is 1.12. The highest BCUT2D eigenvalue weighted by Gasteiger charge is 2.36. The fourth-order valence-corrected chi connectivity index (χ4v) is 2.48. The summed E-state index contributed by atoms with van der Waals surface area (Å²) in [5, 5.41) is 9.63. The molecule has 0 saturated carbocycles. The Morgan fingerprint density at radius 2 is 2.20 bits per heavy atom. The van der Waals surface area contributed by atoms with Crippen LogP contribution in [0.1, 0.15) is 12.0 Å². The molecule has 1 saturated heterocycles. The van der Waals surface area contributed by atoms with Crippen molar-refractivity contribution < 1.29 is 23.4 Å². The van der Waals surface area contributed by atoms with Gasteiger partial charge in [0.25, 0.3) is 0 Å². The third kappa shape index (κ3) is 3.32. The van der Waals surface area contributed by atoms with Crippen LogP contribution >= 0.6 is 0 Å². The van der Waals surface area contributed by atoms with E-state index in [2.05, 4.69) is 0 Å². The van der Waals surface area contributed by atoms with E-state index in [1.807, 2.05) is 0 Å². The lowest BCUT2D eigenvalue weighted by Gasteiger charge is -2.21. The molecular formula is C14H17F2NO3. The maximum Gasteiger partial charge on any atom is 0.323 e. The molecule has 2 atom stereocenters. The van der Waals surface area contributed by atoms with Gasteiger partial charge in [0.2, 0.25) is 0 Å². The Balaban J connectivity index is 1.98. The van der Waals surface area contributed by atoms with Crippen LogP contribution in [0.4, 0.5) is 8.78 Å². The molecule has 1 aliphatic heterocycles. The van der Waals surface area contributed by atoms with Crippen LogP contribution in [0.15, 0.2) is 18.2 Å². The Hall–Kier alpha value is -1.53. The Bertz CT molecular complexity index is 495. The van der Waals surface area contributed by atoms with Gasteiger partial charge in [0.1, 0.15) is 6.04 Å². The van der Waals surface area contributed by atoms with Crippen molar-refractivity contribution in [2.75, 3.05) is 20.2 Å². The molecule has 1 aliphatic rings. The normalized spacial score (nSPS) is 23.0. The average Bonchev–Trinajstić information content (AvgIpc) is 2.80. The molecule has 1 aromatic carbocycles. The smallest absolute Gasteiger partial charge is 0.323 e. The summed E-state index contributed by atoms with van der Waals surface area (Å²) in [6.45, 7) is 0.853. The van der Waals surface area contributed by atoms with Crippen molar-refractivity contribution in [3.05, 3.63) is 35.4 Å². The highest BCUT2D eigenvalue weighted by atomic mass is 19.2. The number of carbonyl (C=O) groups excluding carboxylic acids is 1. The third-order valence-electron chi connectivity index (χ3n) is 3.53. The predicted molar refractivity (Wildman–Crippen MR) is 68.1 cm³/mol. The lowest BCUT2D eigenvalue weighted by atomic mass is 10.1. The zero-order chi connectivity index (χ0) is 14.7. The first-order chi connectivity index (χ1) is 9.51. The summed E-state index contributed by atoms with van der Waals surface area (Å²) in [6.07, 6.45) is 0.242. The fraction of sp³-hybridized carbons (Fsp3) is 0.500. The molecule has 0 spiro atoms. The molecule has 0 amide bonds. The van der Waals surface area contributed by atoms with E-state index in [1.165, 1.54) is 13.2 Å². The van der Waals surface area contributed by atoms with Gasteiger partial charge in [0.15, 0.2) is 11.6 Å². The molecule has 6 heteroatoms. The van der Waals surface area contributed by atoms with Gasteiger partial charge in [0, 0.05) is 19.5 Å². The Kier molecular flexibility index (Phi) is 4.67. The van der Waals surface area contributed by atoms with Crippen LogP contribution in [0.3, 0.4) is 0 Å². The van der Waals surface area contributed by atoms with Crippen molar-refractivity contribution >= 4 is 5.97 Å². The van der Waals surface area contributed by atoms with Gasteiger partial charge in [0.05, 0.1) is 13.2 Å². The summed E-state index contributed by atoms with van der Waals surface area (Å²) >= 11 is 0. The van der Waals surface area contributed by atoms with Crippen molar-refractivity contribution in [3.63, 3.8) is 0 Å². The molecule has 20 heavy (non-hydrogen) atoms. The number of aliphatic hydroxyl groups excluding tert-OH is 1. The number of likely N-dealkylation sites (tertiary alicyclic amines) is 1. The van der Waals surface area contributed by atoms with E-state index in [0.717, 1.165) is 12.1 Å². The van der Waals surface area contributed by atoms with Gasteiger partial charge in [-0.3, -0.25) is 9.69 Å². The minimum Gasteiger partial charge on any atom is -0.468 e. The molecule has 0 radical (unpaired) electrons. The number of benzene rings is 1. The number of hydrogen-bond acceptors (Lipinski definition) is 4. The van der Waals surface area contributed by atoms with E-state index in [9.17, 15) is 18.7 Å². The topological polar surface area (TPSA) is 49.8 Å². The average molecular weight is 285 g/mol. The summed E-state index contributed by atoms with van der Waals surface area (Å²) in [6, 6.07) is 3.27. The van der Waals surface area contributed by atoms with Crippen molar-refractivity contribution in [2.45, 2.75) is 25.0 Å². The lowest BCUT2D eigenvalue weighted by Crippen LogP contribution is -2.38. The molecule has 2 rings (SSSR count). The molecule has 0 unspecified atom stereocenters. The van der Waals surface area contributed by atoms with Crippen LogP contribution in [-0.4, -0.2) is 48.3 Å². The Morgan fingerprint density at radius 3 is 2.85 bits per heavy atom. The van der Waals surface area contributed by atoms with Crippen LogP contribution in [-0.2, 0) is 16.0 Å². The second kappa shape index (κ2) is 6.28. The zero-order valence-corrected chi connectivity index (χ0v) is 11.2. The Labute approximate surface area is 116 Å². The fourth-order valence-electron chi connectivity index (χ4n) is 2.48. The van der Waals surface area contributed by atoms with Crippen molar-refractivity contribution in [1.82, 2.24) is 4.90 Å². The van der Waals surface area contributed by atoms with Gasteiger partial charge in [-0.1, -0.05) is 6.07 Å². The van der Waals surface area contributed by atoms with E-state index in [0.29, 0.717) is 31.5 Å². The van der Waals surface area contributed by atoms with Crippen LogP contribution in [0.5, 0.6) is 0 Å². The zero-order valence-electron chi connectivity index (χ0n) is 11.2. The maximum atomic E-state index is 13.1. The molecule has 110 valence electrons. The molecule has 1 aromatic rings. The molecule has 0 bridgehead atoms. The van der Waals surface area contributed by atoms with Crippen LogP contribution in [0.25, 0.3) is 0 Å². The van der Waals surface area contributed by atoms with Crippen molar-refractivity contribution in [1.29, 1.82) is 0 Å². The van der Waals surface area contributed by atoms with Gasteiger partial charge in [-0.05, 0) is 24.1 Å². The summed E-state index contributed by atoms with van der Waals surface area (Å²) in [5.74, 6) is -2.14. The van der Waals surface area contributed by atoms with Gasteiger partial charge in [-0.15, -0.1) is 0 Å². The molecule has 1 heterocycles. The standard InChI is InChI=1S/C14H17F2NO3/c1-20-14(19)13-7-10(18)8-17(13)5-4-9-2-3-11(15)12(16)6-9/h2-3,6,10,13,18H,4-5,7-8H2,1H3/t10-,13+/m0/s1. The second-order valence-corrected chi connectivity index (χ2v) is 4.92. The first kappa shape index (κ1) is 14.9. The van der Waals surface area contributed by atoms with E-state index in [1.54, 1.807) is 4.90 Å². The maximum absolute atomic E-state index is 13.1. The van der Waals surface area contributed by atoms with Crippen molar-refractivity contribution in [3.8, 4) is 0 Å². The number of esters is 1. The molecule has 1 N–H and O–H groups in total. The largest absolute Gasteiger partial charge is 0.468 e. The number of nitrogens with zero attached hydrogens (tertiary/aromatic N) is 1. The van der Waals surface area contributed by atoms with Crippen LogP contribution in [0, 0.1) is 11.6 Å². The number of β-amino-alcohol motifs (C(OH)–C–C–N with tert-alkyl or cyclic N) is 1. The quantitative estimate of drug-likeness (QED) is 0.842. The Morgan fingerprint density at radius 1 is 1.45 bits per heavy atom. The first-order valence-electron chi connectivity index (χ1n) is 6.45.